The summed E-state index contributed by atoms with van der Waals surface area (Å²) >= 11 is 5.11. The summed E-state index contributed by atoms with van der Waals surface area (Å²) in [6, 6.07) is 11.5. The number of benzene rings is 1. The van der Waals surface area contributed by atoms with E-state index in [2.05, 4.69) is 10.2 Å². The van der Waals surface area contributed by atoms with Gasteiger partial charge in [0.1, 0.15) is 0 Å². The molecule has 0 spiro atoms. The molecule has 0 amide bonds. The molecule has 0 aliphatic heterocycles. The van der Waals surface area contributed by atoms with Crippen LogP contribution in [-0.2, 0) is 7.05 Å². The fraction of sp³-hybridized carbons (Fsp3) is 0.133. The van der Waals surface area contributed by atoms with Crippen molar-refractivity contribution in [1.29, 1.82) is 0 Å². The van der Waals surface area contributed by atoms with Crippen LogP contribution in [0.2, 0.25) is 0 Å². The largest absolute Gasteiger partial charge is 0.320 e. The zero-order valence-electron chi connectivity index (χ0n) is 11.7. The molecule has 0 aliphatic carbocycles. The maximum absolute atomic E-state index is 12.3. The van der Waals surface area contributed by atoms with E-state index in [1.165, 1.54) is 0 Å². The molecule has 0 radical (unpaired) electrons. The SMILES string of the molecule is Cc1cc(=O)c(-c2n[nH]c(=S)n2C)cn1-c1ccccc1. The van der Waals surface area contributed by atoms with Gasteiger partial charge in [0.15, 0.2) is 16.0 Å². The Kier molecular flexibility index (Phi) is 3.31. The molecule has 0 unspecified atom stereocenters. The van der Waals surface area contributed by atoms with Crippen LogP contribution in [0, 0.1) is 11.7 Å². The third-order valence-corrected chi connectivity index (χ3v) is 3.76. The Morgan fingerprint density at radius 3 is 2.57 bits per heavy atom. The number of H-pyrrole nitrogens is 1. The smallest absolute Gasteiger partial charge is 0.195 e. The standard InChI is InChI=1S/C15H14N4OS/c1-10-8-13(20)12(14-16-17-15(21)18(14)2)9-19(10)11-6-4-3-5-7-11/h3-9H,1-2H3,(H,17,21). The van der Waals surface area contributed by atoms with E-state index in [0.29, 0.717) is 16.2 Å². The summed E-state index contributed by atoms with van der Waals surface area (Å²) in [4.78, 5) is 12.3. The Bertz CT molecular complexity index is 905. The van der Waals surface area contributed by atoms with Crippen LogP contribution in [0.4, 0.5) is 0 Å². The van der Waals surface area contributed by atoms with Gasteiger partial charge in [-0.25, -0.2) is 0 Å². The monoisotopic (exact) mass is 298 g/mol. The molecule has 6 heteroatoms. The van der Waals surface area contributed by atoms with Gasteiger partial charge in [0, 0.05) is 30.7 Å². The first kappa shape index (κ1) is 13.5. The fourth-order valence-corrected chi connectivity index (χ4v) is 2.39. The number of aryl methyl sites for hydroxylation is 1. The van der Waals surface area contributed by atoms with E-state index in [-0.39, 0.29) is 5.43 Å². The highest BCUT2D eigenvalue weighted by atomic mass is 32.1. The molecule has 0 bridgehead atoms. The third kappa shape index (κ3) is 2.34. The van der Waals surface area contributed by atoms with Crippen LogP contribution in [0.25, 0.3) is 17.1 Å². The Hall–Kier alpha value is -2.47. The number of nitrogens with one attached hydrogen (secondary N) is 1. The maximum Gasteiger partial charge on any atom is 0.195 e. The second-order valence-electron chi connectivity index (χ2n) is 4.81. The molecule has 0 saturated carbocycles. The van der Waals surface area contributed by atoms with Gasteiger partial charge in [-0.3, -0.25) is 9.89 Å². The van der Waals surface area contributed by atoms with Crippen molar-refractivity contribution in [3.63, 3.8) is 0 Å². The summed E-state index contributed by atoms with van der Waals surface area (Å²) < 4.78 is 4.14. The van der Waals surface area contributed by atoms with Crippen molar-refractivity contribution < 1.29 is 0 Å². The third-order valence-electron chi connectivity index (χ3n) is 3.40. The van der Waals surface area contributed by atoms with Gasteiger partial charge in [-0.1, -0.05) is 18.2 Å². The van der Waals surface area contributed by atoms with Gasteiger partial charge in [0.25, 0.3) is 0 Å². The highest BCUT2D eigenvalue weighted by Gasteiger charge is 2.12. The molecule has 3 aromatic rings. The summed E-state index contributed by atoms with van der Waals surface area (Å²) in [5.41, 5.74) is 2.30. The van der Waals surface area contributed by atoms with Gasteiger partial charge in [0.2, 0.25) is 0 Å². The van der Waals surface area contributed by atoms with E-state index < -0.39 is 0 Å². The minimum atomic E-state index is -0.0724. The van der Waals surface area contributed by atoms with E-state index >= 15 is 0 Å². The van der Waals surface area contributed by atoms with Gasteiger partial charge >= 0.3 is 0 Å². The molecule has 21 heavy (non-hydrogen) atoms. The first-order valence-electron chi connectivity index (χ1n) is 6.48. The molecule has 1 aromatic carbocycles. The molecule has 0 atom stereocenters. The number of rotatable bonds is 2. The molecule has 2 heterocycles. The number of aromatic amines is 1. The first-order valence-corrected chi connectivity index (χ1v) is 6.89. The molecular weight excluding hydrogens is 284 g/mol. The van der Waals surface area contributed by atoms with Gasteiger partial charge < -0.3 is 9.13 Å². The quantitative estimate of drug-likeness (QED) is 0.740. The number of hydrogen-bond donors (Lipinski definition) is 1. The average Bonchev–Trinajstić information content (AvgIpc) is 2.80. The molecule has 0 aliphatic rings. The van der Waals surface area contributed by atoms with E-state index in [4.69, 9.17) is 12.2 Å². The zero-order valence-corrected chi connectivity index (χ0v) is 12.5. The lowest BCUT2D eigenvalue weighted by atomic mass is 10.2. The van der Waals surface area contributed by atoms with E-state index in [1.54, 1.807) is 23.9 Å². The molecule has 2 aromatic heterocycles. The van der Waals surface area contributed by atoms with Gasteiger partial charge in [0.05, 0.1) is 5.56 Å². The predicted molar refractivity (Wildman–Crippen MR) is 84.2 cm³/mol. The molecule has 1 N–H and O–H groups in total. The lowest BCUT2D eigenvalue weighted by Gasteiger charge is -2.12. The van der Waals surface area contributed by atoms with Crippen LogP contribution in [0.5, 0.6) is 0 Å². The summed E-state index contributed by atoms with van der Waals surface area (Å²) in [5.74, 6) is 0.537. The van der Waals surface area contributed by atoms with Crippen molar-refractivity contribution in [3.8, 4) is 17.1 Å². The topological polar surface area (TPSA) is 55.6 Å². The first-order chi connectivity index (χ1) is 10.1. The molecule has 0 fully saturated rings. The number of aromatic nitrogens is 4. The molecule has 106 valence electrons. The minimum Gasteiger partial charge on any atom is -0.320 e. The zero-order chi connectivity index (χ0) is 15.0. The van der Waals surface area contributed by atoms with Gasteiger partial charge in [-0.05, 0) is 31.3 Å². The second-order valence-corrected chi connectivity index (χ2v) is 5.20. The fourth-order valence-electron chi connectivity index (χ4n) is 2.25. The van der Waals surface area contributed by atoms with E-state index in [0.717, 1.165) is 11.4 Å². The van der Waals surface area contributed by atoms with Gasteiger partial charge in [-0.15, -0.1) is 0 Å². The summed E-state index contributed by atoms with van der Waals surface area (Å²) in [7, 11) is 1.79. The van der Waals surface area contributed by atoms with Crippen molar-refractivity contribution in [2.75, 3.05) is 0 Å². The van der Waals surface area contributed by atoms with Crippen molar-refractivity contribution in [1.82, 2.24) is 19.3 Å². The molecule has 0 saturated heterocycles. The van der Waals surface area contributed by atoms with Crippen molar-refractivity contribution in [2.24, 2.45) is 7.05 Å². The summed E-state index contributed by atoms with van der Waals surface area (Å²) in [6.07, 6.45) is 1.80. The lowest BCUT2D eigenvalue weighted by Crippen LogP contribution is -2.13. The van der Waals surface area contributed by atoms with Crippen LogP contribution < -0.4 is 5.43 Å². The second kappa shape index (κ2) is 5.14. The summed E-state index contributed by atoms with van der Waals surface area (Å²) in [5, 5.41) is 6.85. The van der Waals surface area contributed by atoms with E-state index in [1.807, 2.05) is 41.8 Å². The molecule has 5 nitrogen and oxygen atoms in total. The molecular formula is C15H14N4OS. The Morgan fingerprint density at radius 1 is 1.24 bits per heavy atom. The van der Waals surface area contributed by atoms with Crippen LogP contribution >= 0.6 is 12.2 Å². The highest BCUT2D eigenvalue weighted by Crippen LogP contribution is 2.16. The van der Waals surface area contributed by atoms with Crippen LogP contribution in [-0.4, -0.2) is 19.3 Å². The van der Waals surface area contributed by atoms with Crippen molar-refractivity contribution >= 4 is 12.2 Å². The van der Waals surface area contributed by atoms with Crippen LogP contribution in [0.3, 0.4) is 0 Å². The van der Waals surface area contributed by atoms with Crippen LogP contribution in [0.15, 0.2) is 47.4 Å². The number of hydrogen-bond acceptors (Lipinski definition) is 3. The van der Waals surface area contributed by atoms with Crippen molar-refractivity contribution in [3.05, 3.63) is 63.3 Å². The number of nitrogens with zero attached hydrogens (tertiary/aromatic N) is 3. The Balaban J connectivity index is 2.26. The van der Waals surface area contributed by atoms with Crippen molar-refractivity contribution in [2.45, 2.75) is 6.92 Å². The maximum atomic E-state index is 12.3. The predicted octanol–water partition coefficient (Wildman–Crippen LogP) is 2.60. The minimum absolute atomic E-state index is 0.0724. The normalized spacial score (nSPS) is 10.8. The lowest BCUT2D eigenvalue weighted by molar-refractivity contribution is 0.894. The summed E-state index contributed by atoms with van der Waals surface area (Å²) in [6.45, 7) is 1.90. The van der Waals surface area contributed by atoms with Crippen LogP contribution in [0.1, 0.15) is 5.69 Å². The molecule has 3 rings (SSSR count). The Labute approximate surface area is 126 Å². The number of para-hydroxylation sites is 1. The van der Waals surface area contributed by atoms with E-state index in [9.17, 15) is 4.79 Å². The van der Waals surface area contributed by atoms with Gasteiger partial charge in [-0.2, -0.15) is 5.10 Å². The highest BCUT2D eigenvalue weighted by molar-refractivity contribution is 7.71. The number of pyridine rings is 1. The Morgan fingerprint density at radius 2 is 1.95 bits per heavy atom. The average molecular weight is 298 g/mol.